The molecule has 10 heteroatoms. The zero-order chi connectivity index (χ0) is 24.6. The lowest BCUT2D eigenvalue weighted by molar-refractivity contribution is 0.354. The molecule has 0 N–H and O–H groups in total. The van der Waals surface area contributed by atoms with Crippen LogP contribution in [0.1, 0.15) is 23.6 Å². The van der Waals surface area contributed by atoms with Gasteiger partial charge in [0.2, 0.25) is 10.0 Å². The van der Waals surface area contributed by atoms with Crippen LogP contribution in [0, 0.1) is 0 Å². The summed E-state index contributed by atoms with van der Waals surface area (Å²) in [6.07, 6.45) is 3.42. The van der Waals surface area contributed by atoms with E-state index in [-0.39, 0.29) is 0 Å². The molecule has 1 aliphatic heterocycles. The van der Waals surface area contributed by atoms with Crippen molar-refractivity contribution in [3.05, 3.63) is 83.4 Å². The second-order valence-corrected chi connectivity index (χ2v) is 10.8. The molecule has 1 aliphatic rings. The Morgan fingerprint density at radius 2 is 1.80 bits per heavy atom. The number of methoxy groups -OCH3 is 2. The minimum Gasteiger partial charge on any atom is -0.493 e. The molecule has 0 unspecified atom stereocenters. The molecule has 5 rings (SSSR count). The molecule has 0 saturated heterocycles. The van der Waals surface area contributed by atoms with Crippen LogP contribution in [0.5, 0.6) is 11.5 Å². The van der Waals surface area contributed by atoms with E-state index in [9.17, 15) is 8.42 Å². The van der Waals surface area contributed by atoms with Crippen LogP contribution >= 0.6 is 11.3 Å². The van der Waals surface area contributed by atoms with Gasteiger partial charge in [-0.3, -0.25) is 0 Å². The van der Waals surface area contributed by atoms with Crippen molar-refractivity contribution in [1.82, 2.24) is 14.2 Å². The molecule has 35 heavy (non-hydrogen) atoms. The maximum atomic E-state index is 12.9. The number of benzene rings is 2. The van der Waals surface area contributed by atoms with Gasteiger partial charge in [0.25, 0.3) is 0 Å². The van der Waals surface area contributed by atoms with E-state index >= 15 is 0 Å². The van der Waals surface area contributed by atoms with Gasteiger partial charge in [-0.1, -0.05) is 30.3 Å². The molecule has 2 aromatic carbocycles. The largest absolute Gasteiger partial charge is 0.493 e. The van der Waals surface area contributed by atoms with E-state index in [0.29, 0.717) is 29.2 Å². The molecular weight excluding hydrogens is 484 g/mol. The quantitative estimate of drug-likeness (QED) is 0.360. The number of hydrogen-bond acceptors (Lipinski definition) is 7. The predicted molar refractivity (Wildman–Crippen MR) is 137 cm³/mol. The third kappa shape index (κ3) is 4.30. The second-order valence-electron chi connectivity index (χ2n) is 8.03. The summed E-state index contributed by atoms with van der Waals surface area (Å²) in [5.74, 6) is 1.07. The Bertz CT molecular complexity index is 1480. The zero-order valence-electron chi connectivity index (χ0n) is 19.5. The van der Waals surface area contributed by atoms with Crippen LogP contribution in [0.2, 0.25) is 0 Å². The summed E-state index contributed by atoms with van der Waals surface area (Å²) in [4.78, 5) is 0.954. The van der Waals surface area contributed by atoms with Gasteiger partial charge in [0.1, 0.15) is 5.69 Å². The first-order valence-electron chi connectivity index (χ1n) is 10.9. The van der Waals surface area contributed by atoms with E-state index in [1.165, 1.54) is 10.7 Å². The molecule has 2 aromatic heterocycles. The Hall–Kier alpha value is -3.63. The van der Waals surface area contributed by atoms with Crippen molar-refractivity contribution in [2.45, 2.75) is 12.5 Å². The number of rotatable bonds is 7. The monoisotopic (exact) mass is 508 g/mol. The minimum absolute atomic E-state index is 0.357. The van der Waals surface area contributed by atoms with Gasteiger partial charge in [0.15, 0.2) is 11.5 Å². The molecule has 3 heterocycles. The predicted octanol–water partition coefficient (Wildman–Crippen LogP) is 4.73. The van der Waals surface area contributed by atoms with Gasteiger partial charge in [-0.2, -0.15) is 14.6 Å². The molecule has 180 valence electrons. The van der Waals surface area contributed by atoms with Crippen LogP contribution in [0.15, 0.2) is 77.3 Å². The molecule has 0 aliphatic carbocycles. The van der Waals surface area contributed by atoms with Crippen molar-refractivity contribution in [3.63, 3.8) is 0 Å². The van der Waals surface area contributed by atoms with Gasteiger partial charge >= 0.3 is 0 Å². The van der Waals surface area contributed by atoms with Crippen LogP contribution in [0.25, 0.3) is 16.3 Å². The molecule has 1 atom stereocenters. The third-order valence-corrected chi connectivity index (χ3v) is 7.70. The first kappa shape index (κ1) is 23.1. The van der Waals surface area contributed by atoms with Crippen molar-refractivity contribution in [2.24, 2.45) is 5.10 Å². The highest BCUT2D eigenvalue weighted by Gasteiger charge is 2.38. The van der Waals surface area contributed by atoms with Crippen LogP contribution in [0.4, 0.5) is 0 Å². The number of aromatic nitrogens is 2. The fourth-order valence-corrected chi connectivity index (χ4v) is 5.88. The lowest BCUT2D eigenvalue weighted by Gasteiger charge is -2.20. The van der Waals surface area contributed by atoms with Gasteiger partial charge in [-0.15, -0.1) is 11.3 Å². The molecule has 0 bridgehead atoms. The van der Waals surface area contributed by atoms with Crippen molar-refractivity contribution >= 4 is 27.1 Å². The van der Waals surface area contributed by atoms with Gasteiger partial charge in [-0.25, -0.2) is 13.1 Å². The Balaban J connectivity index is 1.64. The Labute approximate surface area is 208 Å². The fourth-order valence-electron chi connectivity index (χ4n) is 4.25. The number of para-hydroxylation sites is 2. The maximum Gasteiger partial charge on any atom is 0.247 e. The van der Waals surface area contributed by atoms with E-state index in [0.717, 1.165) is 21.8 Å². The minimum atomic E-state index is -3.68. The summed E-state index contributed by atoms with van der Waals surface area (Å²) >= 11 is 1.56. The highest BCUT2D eigenvalue weighted by molar-refractivity contribution is 7.88. The van der Waals surface area contributed by atoms with Gasteiger partial charge in [0.05, 0.1) is 42.8 Å². The summed E-state index contributed by atoms with van der Waals surface area (Å²) in [5.41, 5.74) is 3.69. The number of hydrogen-bond donors (Lipinski definition) is 0. The number of ether oxygens (including phenoxy) is 2. The van der Waals surface area contributed by atoms with E-state index in [1.807, 2.05) is 66.2 Å². The van der Waals surface area contributed by atoms with Crippen molar-refractivity contribution in [1.29, 1.82) is 0 Å². The Morgan fingerprint density at radius 3 is 2.46 bits per heavy atom. The average molecular weight is 509 g/mol. The second kappa shape index (κ2) is 9.20. The number of thiophene rings is 1. The van der Waals surface area contributed by atoms with E-state index in [1.54, 1.807) is 36.3 Å². The molecule has 0 fully saturated rings. The number of nitrogens with zero attached hydrogens (tertiary/aromatic N) is 4. The normalized spacial score (nSPS) is 15.8. The van der Waals surface area contributed by atoms with Crippen molar-refractivity contribution in [3.8, 4) is 27.8 Å². The average Bonchev–Trinajstić information content (AvgIpc) is 3.62. The summed E-state index contributed by atoms with van der Waals surface area (Å²) in [7, 11) is -0.555. The van der Waals surface area contributed by atoms with Crippen LogP contribution in [-0.4, -0.2) is 48.8 Å². The van der Waals surface area contributed by atoms with Gasteiger partial charge in [0, 0.05) is 23.7 Å². The summed E-state index contributed by atoms with van der Waals surface area (Å²) in [6, 6.07) is 18.6. The number of hydrazone groups is 1. The molecule has 0 saturated carbocycles. The summed E-state index contributed by atoms with van der Waals surface area (Å²) in [5, 5.41) is 11.4. The highest BCUT2D eigenvalue weighted by atomic mass is 32.2. The lowest BCUT2D eigenvalue weighted by atomic mass is 9.98. The molecule has 0 amide bonds. The van der Waals surface area contributed by atoms with E-state index in [2.05, 4.69) is 5.10 Å². The maximum absolute atomic E-state index is 12.9. The third-order valence-electron chi connectivity index (χ3n) is 5.80. The number of sulfonamides is 1. The van der Waals surface area contributed by atoms with Crippen molar-refractivity contribution < 1.29 is 17.9 Å². The van der Waals surface area contributed by atoms with E-state index in [4.69, 9.17) is 14.6 Å². The molecule has 8 nitrogen and oxygen atoms in total. The molecule has 4 aromatic rings. The summed E-state index contributed by atoms with van der Waals surface area (Å²) in [6.45, 7) is 0. The summed E-state index contributed by atoms with van der Waals surface area (Å²) < 4.78 is 39.8. The van der Waals surface area contributed by atoms with Crippen LogP contribution < -0.4 is 9.47 Å². The van der Waals surface area contributed by atoms with E-state index < -0.39 is 16.1 Å². The molecular formula is C25H24N4O4S2. The van der Waals surface area contributed by atoms with Crippen LogP contribution in [0.3, 0.4) is 0 Å². The Kier molecular flexibility index (Phi) is 6.08. The standard InChI is InChI=1S/C25H24N4O4S2/c1-32-22-12-7-11-18(25(22)33-2)20-15-21(29(26-20)35(3,30)31)19-16-28(17-9-5-4-6-10-17)27-24(19)23-13-8-14-34-23/h4-14,16,21H,15H2,1-3H3/t21-/m1/s1. The van der Waals surface area contributed by atoms with Crippen LogP contribution in [-0.2, 0) is 10.0 Å². The smallest absolute Gasteiger partial charge is 0.247 e. The molecule has 0 spiro atoms. The SMILES string of the molecule is COc1cccc(C2=NN(S(C)(=O)=O)[C@@H](c3cn(-c4ccccc4)nc3-c3cccs3)C2)c1OC. The first-order chi connectivity index (χ1) is 16.9. The highest BCUT2D eigenvalue weighted by Crippen LogP contribution is 2.42. The van der Waals surface area contributed by atoms with Gasteiger partial charge < -0.3 is 9.47 Å². The molecule has 0 radical (unpaired) electrons. The first-order valence-corrected chi connectivity index (χ1v) is 13.6. The fraction of sp³-hybridized carbons (Fsp3) is 0.200. The van der Waals surface area contributed by atoms with Gasteiger partial charge in [-0.05, 0) is 35.7 Å². The Morgan fingerprint density at radius 1 is 1.00 bits per heavy atom. The zero-order valence-corrected chi connectivity index (χ0v) is 21.1. The topological polar surface area (TPSA) is 86.0 Å². The lowest BCUT2D eigenvalue weighted by Crippen LogP contribution is -2.26. The van der Waals surface area contributed by atoms with Crippen molar-refractivity contribution in [2.75, 3.05) is 20.5 Å².